The van der Waals surface area contributed by atoms with Crippen LogP contribution in [0.2, 0.25) is 0 Å². The lowest BCUT2D eigenvalue weighted by Crippen LogP contribution is -2.39. The molecule has 0 aliphatic carbocycles. The van der Waals surface area contributed by atoms with Crippen molar-refractivity contribution in [2.24, 2.45) is 5.41 Å². The molecular weight excluding hydrogens is 247 g/mol. The zero-order valence-electron chi connectivity index (χ0n) is 11.7. The maximum absolute atomic E-state index is 14.9. The first-order chi connectivity index (χ1) is 8.79. The first-order valence-electron chi connectivity index (χ1n) is 6.41. The molecule has 1 aromatic rings. The molecule has 0 amide bonds. The second kappa shape index (κ2) is 4.30. The Balaban J connectivity index is 2.45. The smallest absolute Gasteiger partial charge is 0.375 e. The molecule has 2 unspecified atom stereocenters. The number of alkyl halides is 1. The molecule has 1 saturated heterocycles. The number of halogens is 1. The molecule has 2 atom stereocenters. The predicted octanol–water partition coefficient (Wildman–Crippen LogP) is 3.19. The van der Waals surface area contributed by atoms with Crippen molar-refractivity contribution in [1.82, 2.24) is 0 Å². The van der Waals surface area contributed by atoms with Gasteiger partial charge in [-0.25, -0.2) is 4.79 Å². The normalized spacial score (nSPS) is 29.9. The molecule has 19 heavy (non-hydrogen) atoms. The summed E-state index contributed by atoms with van der Waals surface area (Å²) in [4.78, 5) is 11.8. The molecule has 3 nitrogen and oxygen atoms in total. The van der Waals surface area contributed by atoms with Crippen molar-refractivity contribution >= 4 is 5.97 Å². The Morgan fingerprint density at radius 2 is 1.89 bits per heavy atom. The highest BCUT2D eigenvalue weighted by molar-refractivity contribution is 5.83. The average molecular weight is 266 g/mol. The average Bonchev–Trinajstić information content (AvgIpc) is 3.00. The number of hydrogen-bond donors (Lipinski definition) is 0. The molecule has 4 heteroatoms. The molecule has 2 rings (SSSR count). The second-order valence-electron chi connectivity index (χ2n) is 5.72. The minimum Gasteiger partial charge on any atom is -0.462 e. The van der Waals surface area contributed by atoms with Gasteiger partial charge in [-0.05, 0) is 12.5 Å². The molecule has 0 radical (unpaired) electrons. The molecule has 0 aromatic heterocycles. The van der Waals surface area contributed by atoms with E-state index >= 15 is 0 Å². The van der Waals surface area contributed by atoms with Crippen LogP contribution in [0.15, 0.2) is 30.3 Å². The number of benzene rings is 1. The summed E-state index contributed by atoms with van der Waals surface area (Å²) >= 11 is 0. The van der Waals surface area contributed by atoms with Crippen LogP contribution >= 0.6 is 0 Å². The van der Waals surface area contributed by atoms with Gasteiger partial charge < -0.3 is 9.47 Å². The fraction of sp³-hybridized carbons (Fsp3) is 0.533. The lowest BCUT2D eigenvalue weighted by atomic mass is 9.73. The highest BCUT2D eigenvalue weighted by Gasteiger charge is 2.82. The Bertz CT molecular complexity index is 480. The fourth-order valence-corrected chi connectivity index (χ4v) is 2.58. The van der Waals surface area contributed by atoms with Crippen LogP contribution in [0.3, 0.4) is 0 Å². The third-order valence-corrected chi connectivity index (χ3v) is 3.48. The van der Waals surface area contributed by atoms with E-state index in [1.54, 1.807) is 31.2 Å². The third-order valence-electron chi connectivity index (χ3n) is 3.48. The van der Waals surface area contributed by atoms with Crippen molar-refractivity contribution in [3.8, 4) is 0 Å². The Hall–Kier alpha value is -1.42. The zero-order valence-corrected chi connectivity index (χ0v) is 11.7. The molecule has 104 valence electrons. The number of esters is 1. The molecule has 1 fully saturated rings. The monoisotopic (exact) mass is 266 g/mol. The van der Waals surface area contributed by atoms with Gasteiger partial charge in [0.05, 0.1) is 6.61 Å². The summed E-state index contributed by atoms with van der Waals surface area (Å²) in [6, 6.07) is 8.98. The van der Waals surface area contributed by atoms with Crippen molar-refractivity contribution in [2.45, 2.75) is 39.2 Å². The summed E-state index contributed by atoms with van der Waals surface area (Å²) in [6.07, 6.45) is 0. The highest BCUT2D eigenvalue weighted by Crippen LogP contribution is 2.66. The minimum absolute atomic E-state index is 0.128. The van der Waals surface area contributed by atoms with Crippen molar-refractivity contribution < 1.29 is 18.7 Å². The van der Waals surface area contributed by atoms with Crippen molar-refractivity contribution in [1.29, 1.82) is 0 Å². The fourth-order valence-electron chi connectivity index (χ4n) is 2.58. The highest BCUT2D eigenvalue weighted by atomic mass is 19.2. The molecule has 1 aliphatic rings. The van der Waals surface area contributed by atoms with Gasteiger partial charge in [-0.3, -0.25) is 0 Å². The Labute approximate surface area is 112 Å². The van der Waals surface area contributed by atoms with Crippen LogP contribution in [0.25, 0.3) is 0 Å². The number of hydrogen-bond acceptors (Lipinski definition) is 3. The van der Waals surface area contributed by atoms with Crippen molar-refractivity contribution in [3.05, 3.63) is 35.9 Å². The Morgan fingerprint density at radius 1 is 1.32 bits per heavy atom. The van der Waals surface area contributed by atoms with Gasteiger partial charge in [-0.2, -0.15) is 4.39 Å². The topological polar surface area (TPSA) is 38.8 Å². The summed E-state index contributed by atoms with van der Waals surface area (Å²) in [7, 11) is 0. The first-order valence-corrected chi connectivity index (χ1v) is 6.41. The van der Waals surface area contributed by atoms with Gasteiger partial charge in [0, 0.05) is 5.41 Å². The lowest BCUT2D eigenvalue weighted by molar-refractivity contribution is -0.157. The number of carbonyl (C=O) groups excluding carboxylic acids is 1. The Kier molecular flexibility index (Phi) is 3.17. The van der Waals surface area contributed by atoms with E-state index in [1.807, 2.05) is 26.8 Å². The third kappa shape index (κ3) is 1.86. The molecule has 1 aromatic carbocycles. The summed E-state index contributed by atoms with van der Waals surface area (Å²) in [5.74, 6) is -3.35. The SMILES string of the molecule is CCOC(=O)C1(F)OC1(c1ccccc1)C(C)(C)C. The van der Waals surface area contributed by atoms with E-state index in [-0.39, 0.29) is 6.61 Å². The predicted molar refractivity (Wildman–Crippen MR) is 69.1 cm³/mol. The standard InChI is InChI=1S/C15H19FO3/c1-5-18-12(17)15(16)14(19-15,13(2,3)4)11-9-7-6-8-10-11/h6-10H,5H2,1-4H3. The number of carbonyl (C=O) groups is 1. The van der Waals surface area contributed by atoms with E-state index in [0.717, 1.165) is 0 Å². The molecule has 0 N–H and O–H groups in total. The molecule has 0 spiro atoms. The van der Waals surface area contributed by atoms with E-state index in [1.165, 1.54) is 0 Å². The molecule has 1 heterocycles. The first kappa shape index (κ1) is 14.0. The van der Waals surface area contributed by atoms with Crippen molar-refractivity contribution in [3.63, 3.8) is 0 Å². The van der Waals surface area contributed by atoms with E-state index in [2.05, 4.69) is 0 Å². The summed E-state index contributed by atoms with van der Waals surface area (Å²) in [5, 5.41) is 0. The largest absolute Gasteiger partial charge is 0.462 e. The summed E-state index contributed by atoms with van der Waals surface area (Å²) in [5.41, 5.74) is -1.21. The van der Waals surface area contributed by atoms with Gasteiger partial charge in [0.1, 0.15) is 0 Å². The Morgan fingerprint density at radius 3 is 2.37 bits per heavy atom. The van der Waals surface area contributed by atoms with Crippen LogP contribution in [0.4, 0.5) is 4.39 Å². The number of ether oxygens (including phenoxy) is 2. The number of rotatable bonds is 3. The van der Waals surface area contributed by atoms with Gasteiger partial charge in [0.2, 0.25) is 0 Å². The van der Waals surface area contributed by atoms with E-state index in [4.69, 9.17) is 9.47 Å². The van der Waals surface area contributed by atoms with Gasteiger partial charge >= 0.3 is 11.8 Å². The van der Waals surface area contributed by atoms with Crippen molar-refractivity contribution in [2.75, 3.05) is 6.61 Å². The zero-order chi connectivity index (χ0) is 14.3. The van der Waals surface area contributed by atoms with Gasteiger partial charge in [0.25, 0.3) is 0 Å². The van der Waals surface area contributed by atoms with Gasteiger partial charge in [-0.15, -0.1) is 0 Å². The molecule has 0 saturated carbocycles. The minimum atomic E-state index is -2.40. The lowest BCUT2D eigenvalue weighted by Gasteiger charge is -2.28. The summed E-state index contributed by atoms with van der Waals surface area (Å²) < 4.78 is 25.0. The second-order valence-corrected chi connectivity index (χ2v) is 5.72. The quantitative estimate of drug-likeness (QED) is 0.623. The van der Waals surface area contributed by atoms with Crippen LogP contribution in [-0.4, -0.2) is 18.4 Å². The van der Waals surface area contributed by atoms with Crippen LogP contribution in [-0.2, 0) is 19.9 Å². The van der Waals surface area contributed by atoms with Crippen LogP contribution in [0.1, 0.15) is 33.3 Å². The van der Waals surface area contributed by atoms with E-state index < -0.39 is 22.8 Å². The maximum Gasteiger partial charge on any atom is 0.375 e. The van der Waals surface area contributed by atoms with E-state index in [9.17, 15) is 9.18 Å². The van der Waals surface area contributed by atoms with Gasteiger partial charge in [-0.1, -0.05) is 51.1 Å². The number of epoxide rings is 1. The van der Waals surface area contributed by atoms with Crippen LogP contribution in [0, 0.1) is 5.41 Å². The molecular formula is C15H19FO3. The van der Waals surface area contributed by atoms with Crippen LogP contribution in [0.5, 0.6) is 0 Å². The molecule has 1 aliphatic heterocycles. The summed E-state index contributed by atoms with van der Waals surface area (Å²) in [6.45, 7) is 7.31. The maximum atomic E-state index is 14.9. The van der Waals surface area contributed by atoms with Gasteiger partial charge in [0.15, 0.2) is 5.60 Å². The van der Waals surface area contributed by atoms with Crippen LogP contribution < -0.4 is 0 Å². The van der Waals surface area contributed by atoms with E-state index in [0.29, 0.717) is 5.56 Å². The molecule has 0 bridgehead atoms.